The molecule has 2 aromatic rings. The van der Waals surface area contributed by atoms with Gasteiger partial charge in [0.2, 0.25) is 5.91 Å². The van der Waals surface area contributed by atoms with E-state index >= 15 is 0 Å². The van der Waals surface area contributed by atoms with E-state index in [1.54, 1.807) is 30.3 Å². The number of rotatable bonds is 3. The van der Waals surface area contributed by atoms with Gasteiger partial charge in [-0.1, -0.05) is 43.2 Å². The van der Waals surface area contributed by atoms with Crippen LogP contribution in [0, 0.1) is 17.0 Å². The molecule has 6 heteroatoms. The van der Waals surface area contributed by atoms with Crippen molar-refractivity contribution >= 4 is 5.91 Å². The number of likely N-dealkylation sites (tertiary alicyclic amines) is 1. The highest BCUT2D eigenvalue weighted by Gasteiger charge is 2.54. The summed E-state index contributed by atoms with van der Waals surface area (Å²) in [6, 6.07) is 12.9. The van der Waals surface area contributed by atoms with Gasteiger partial charge in [0.1, 0.15) is 17.2 Å². The number of piperidine rings is 1. The molecule has 170 valence electrons. The Labute approximate surface area is 187 Å². The quantitative estimate of drug-likeness (QED) is 0.756. The van der Waals surface area contributed by atoms with E-state index in [0.29, 0.717) is 44.5 Å². The predicted molar refractivity (Wildman–Crippen MR) is 118 cm³/mol. The van der Waals surface area contributed by atoms with Crippen LogP contribution in [0.15, 0.2) is 48.5 Å². The van der Waals surface area contributed by atoms with Gasteiger partial charge in [-0.3, -0.25) is 9.69 Å². The number of hydrogen-bond donors (Lipinski definition) is 2. The molecule has 1 saturated carbocycles. The third-order valence-corrected chi connectivity index (χ3v) is 8.17. The standard InChI is InChI=1S/C26H30F2N2O2/c27-19-10-8-18(9-11-19)21-17-29-24(31)25(21)13-15-30(16-14-25)23-7-3-4-12-26(23,32)20-5-1-2-6-22(20)28/h1-2,5-6,8-11,21,23,32H,3-4,7,12-17H2,(H,29,31). The fraction of sp³-hybridized carbons (Fsp3) is 0.500. The van der Waals surface area contributed by atoms with Crippen molar-refractivity contribution in [3.05, 3.63) is 71.3 Å². The molecule has 0 radical (unpaired) electrons. The highest BCUT2D eigenvalue weighted by Crippen LogP contribution is 2.50. The summed E-state index contributed by atoms with van der Waals surface area (Å²) in [6.07, 6.45) is 4.57. The molecule has 2 N–H and O–H groups in total. The maximum absolute atomic E-state index is 14.7. The Balaban J connectivity index is 1.39. The highest BCUT2D eigenvalue weighted by molar-refractivity contribution is 5.86. The maximum atomic E-state index is 14.7. The zero-order chi connectivity index (χ0) is 22.3. The lowest BCUT2D eigenvalue weighted by Crippen LogP contribution is -2.57. The number of hydrogen-bond acceptors (Lipinski definition) is 3. The summed E-state index contributed by atoms with van der Waals surface area (Å²) in [5.41, 5.74) is -0.367. The van der Waals surface area contributed by atoms with Gasteiger partial charge < -0.3 is 10.4 Å². The Morgan fingerprint density at radius 1 is 0.969 bits per heavy atom. The van der Waals surface area contributed by atoms with Crippen molar-refractivity contribution in [2.75, 3.05) is 19.6 Å². The molecular formula is C26H30F2N2O2. The fourth-order valence-corrected chi connectivity index (χ4v) is 6.42. The van der Waals surface area contributed by atoms with E-state index in [1.807, 2.05) is 0 Å². The average molecular weight is 441 g/mol. The third kappa shape index (κ3) is 3.44. The van der Waals surface area contributed by atoms with Gasteiger partial charge in [0.15, 0.2) is 0 Å². The molecule has 2 heterocycles. The summed E-state index contributed by atoms with van der Waals surface area (Å²) >= 11 is 0. The molecule has 1 amide bonds. The molecule has 3 unspecified atom stereocenters. The van der Waals surface area contributed by atoms with E-state index in [0.717, 1.165) is 24.8 Å². The largest absolute Gasteiger partial charge is 0.383 e. The number of nitrogens with zero attached hydrogens (tertiary/aromatic N) is 1. The number of carbonyl (C=O) groups excluding carboxylic acids is 1. The molecule has 32 heavy (non-hydrogen) atoms. The predicted octanol–water partition coefficient (Wildman–Crippen LogP) is 4.09. The van der Waals surface area contributed by atoms with Crippen LogP contribution in [0.2, 0.25) is 0 Å². The van der Waals surface area contributed by atoms with Gasteiger partial charge in [-0.15, -0.1) is 0 Å². The molecule has 4 nitrogen and oxygen atoms in total. The summed E-state index contributed by atoms with van der Waals surface area (Å²) < 4.78 is 28.1. The third-order valence-electron chi connectivity index (χ3n) is 8.17. The smallest absolute Gasteiger partial charge is 0.227 e. The first-order chi connectivity index (χ1) is 15.4. The van der Waals surface area contributed by atoms with E-state index in [-0.39, 0.29) is 29.5 Å². The molecule has 1 aliphatic carbocycles. The summed E-state index contributed by atoms with van der Waals surface area (Å²) in [5.74, 6) is -0.560. The second kappa shape index (κ2) is 8.23. The molecule has 5 rings (SSSR count). The first-order valence-electron chi connectivity index (χ1n) is 11.7. The molecule has 2 aromatic carbocycles. The van der Waals surface area contributed by atoms with Crippen LogP contribution in [-0.2, 0) is 10.4 Å². The van der Waals surface area contributed by atoms with Crippen molar-refractivity contribution in [2.24, 2.45) is 5.41 Å². The van der Waals surface area contributed by atoms with Crippen LogP contribution < -0.4 is 5.32 Å². The van der Waals surface area contributed by atoms with Gasteiger partial charge in [-0.2, -0.15) is 0 Å². The monoisotopic (exact) mass is 440 g/mol. The molecule has 3 fully saturated rings. The number of aliphatic hydroxyl groups is 1. The molecule has 2 aliphatic heterocycles. The topological polar surface area (TPSA) is 52.6 Å². The van der Waals surface area contributed by atoms with Crippen molar-refractivity contribution in [1.82, 2.24) is 10.2 Å². The number of carbonyl (C=O) groups is 1. The second-order valence-corrected chi connectivity index (χ2v) is 9.67. The molecule has 0 aromatic heterocycles. The minimum Gasteiger partial charge on any atom is -0.383 e. The van der Waals surface area contributed by atoms with Gasteiger partial charge in [0.05, 0.1) is 5.41 Å². The van der Waals surface area contributed by atoms with Gasteiger partial charge >= 0.3 is 0 Å². The number of halogens is 2. The highest BCUT2D eigenvalue weighted by atomic mass is 19.1. The normalized spacial score (nSPS) is 30.4. The Bertz CT molecular complexity index is 988. The zero-order valence-corrected chi connectivity index (χ0v) is 18.2. The lowest BCUT2D eigenvalue weighted by Gasteiger charge is -2.50. The van der Waals surface area contributed by atoms with Crippen LogP contribution in [-0.4, -0.2) is 41.6 Å². The number of benzene rings is 2. The van der Waals surface area contributed by atoms with Crippen LogP contribution in [0.1, 0.15) is 55.6 Å². The van der Waals surface area contributed by atoms with Gasteiger partial charge in [-0.05, 0) is 62.5 Å². The Morgan fingerprint density at radius 2 is 1.69 bits per heavy atom. The molecule has 0 bridgehead atoms. The van der Waals surface area contributed by atoms with E-state index < -0.39 is 11.0 Å². The minimum atomic E-state index is -1.22. The van der Waals surface area contributed by atoms with Crippen LogP contribution in [0.25, 0.3) is 0 Å². The van der Waals surface area contributed by atoms with Crippen molar-refractivity contribution in [3.63, 3.8) is 0 Å². The SMILES string of the molecule is O=C1NCC(c2ccc(F)cc2)C12CCN(C1CCCCC1(O)c1ccccc1F)CC2. The lowest BCUT2D eigenvalue weighted by molar-refractivity contribution is -0.134. The summed E-state index contributed by atoms with van der Waals surface area (Å²) in [4.78, 5) is 15.2. The van der Waals surface area contributed by atoms with Gasteiger partial charge in [-0.25, -0.2) is 8.78 Å². The van der Waals surface area contributed by atoms with Crippen molar-refractivity contribution in [1.29, 1.82) is 0 Å². The number of nitrogens with one attached hydrogen (secondary N) is 1. The summed E-state index contributed by atoms with van der Waals surface area (Å²) in [6.45, 7) is 1.91. The van der Waals surface area contributed by atoms with Crippen LogP contribution in [0.3, 0.4) is 0 Å². The Kier molecular flexibility index (Phi) is 5.54. The molecular weight excluding hydrogens is 410 g/mol. The first-order valence-corrected chi connectivity index (χ1v) is 11.7. The zero-order valence-electron chi connectivity index (χ0n) is 18.2. The van der Waals surface area contributed by atoms with Crippen LogP contribution >= 0.6 is 0 Å². The molecule has 3 aliphatic rings. The average Bonchev–Trinajstić information content (AvgIpc) is 3.11. The molecule has 3 atom stereocenters. The van der Waals surface area contributed by atoms with Crippen molar-refractivity contribution < 1.29 is 18.7 Å². The Morgan fingerprint density at radius 3 is 2.41 bits per heavy atom. The minimum absolute atomic E-state index is 0.00885. The second-order valence-electron chi connectivity index (χ2n) is 9.67. The van der Waals surface area contributed by atoms with Crippen LogP contribution in [0.5, 0.6) is 0 Å². The van der Waals surface area contributed by atoms with Gasteiger partial charge in [0, 0.05) is 24.1 Å². The fourth-order valence-electron chi connectivity index (χ4n) is 6.42. The van der Waals surface area contributed by atoms with E-state index in [2.05, 4.69) is 10.2 Å². The van der Waals surface area contributed by atoms with Gasteiger partial charge in [0.25, 0.3) is 0 Å². The maximum Gasteiger partial charge on any atom is 0.227 e. The van der Waals surface area contributed by atoms with Crippen molar-refractivity contribution in [2.45, 2.75) is 56.1 Å². The van der Waals surface area contributed by atoms with E-state index in [1.165, 1.54) is 18.2 Å². The van der Waals surface area contributed by atoms with E-state index in [9.17, 15) is 18.7 Å². The summed E-state index contributed by atoms with van der Waals surface area (Å²) in [7, 11) is 0. The first kappa shape index (κ1) is 21.5. The lowest BCUT2D eigenvalue weighted by atomic mass is 9.66. The van der Waals surface area contributed by atoms with E-state index in [4.69, 9.17) is 0 Å². The van der Waals surface area contributed by atoms with Crippen LogP contribution in [0.4, 0.5) is 8.78 Å². The molecule has 2 saturated heterocycles. The van der Waals surface area contributed by atoms with Crippen molar-refractivity contribution in [3.8, 4) is 0 Å². The summed E-state index contributed by atoms with van der Waals surface area (Å²) in [5, 5.41) is 14.7. The molecule has 1 spiro atoms. The Hall–Kier alpha value is -2.31. The number of amides is 1.